The van der Waals surface area contributed by atoms with Crippen LogP contribution < -0.4 is 0 Å². The first-order valence-electron chi connectivity index (χ1n) is 4.53. The Balaban J connectivity index is 2.43. The third-order valence-corrected chi connectivity index (χ3v) is 2.70. The van der Waals surface area contributed by atoms with Gasteiger partial charge in [-0.15, -0.1) is 0 Å². The van der Waals surface area contributed by atoms with Gasteiger partial charge in [0.1, 0.15) is 0 Å². The lowest BCUT2D eigenvalue weighted by Crippen LogP contribution is -2.27. The van der Waals surface area contributed by atoms with Crippen molar-refractivity contribution in [1.29, 1.82) is 0 Å². The molecule has 0 radical (unpaired) electrons. The first-order chi connectivity index (χ1) is 5.77. The van der Waals surface area contributed by atoms with Crippen LogP contribution in [-0.4, -0.2) is 18.5 Å². The van der Waals surface area contributed by atoms with E-state index in [9.17, 15) is 0 Å². The molecule has 0 aliphatic carbocycles. The zero-order valence-corrected chi connectivity index (χ0v) is 7.80. The zero-order valence-electron chi connectivity index (χ0n) is 7.80. The number of hydrogen-bond acceptors (Lipinski definition) is 1. The van der Waals surface area contributed by atoms with Crippen molar-refractivity contribution >= 4 is 0 Å². The van der Waals surface area contributed by atoms with Gasteiger partial charge in [0.15, 0.2) is 0 Å². The van der Waals surface area contributed by atoms with Crippen molar-refractivity contribution < 1.29 is 0 Å². The summed E-state index contributed by atoms with van der Waals surface area (Å²) in [5.74, 6) is 0. The van der Waals surface area contributed by atoms with Gasteiger partial charge >= 0.3 is 0 Å². The average Bonchev–Trinajstić information content (AvgIpc) is 2.07. The quantitative estimate of drug-likeness (QED) is 0.562. The zero-order chi connectivity index (χ0) is 8.55. The molecule has 1 aromatic rings. The van der Waals surface area contributed by atoms with E-state index in [-0.39, 0.29) is 0 Å². The molecule has 0 unspecified atom stereocenters. The van der Waals surface area contributed by atoms with E-state index in [1.54, 1.807) is 11.1 Å². The molecule has 1 nitrogen and oxygen atoms in total. The topological polar surface area (TPSA) is 3.24 Å². The molecular weight excluding hydrogens is 146 g/mol. The minimum atomic E-state index is 1.13. The van der Waals surface area contributed by atoms with E-state index < -0.39 is 0 Å². The Hall–Kier alpha value is -0.820. The Morgan fingerprint density at radius 1 is 1.33 bits per heavy atom. The van der Waals surface area contributed by atoms with Crippen molar-refractivity contribution in [3.63, 3.8) is 0 Å². The maximum Gasteiger partial charge on any atom is 0.0236 e. The van der Waals surface area contributed by atoms with Crippen LogP contribution in [-0.2, 0) is 13.0 Å². The maximum atomic E-state index is 2.38. The van der Waals surface area contributed by atoms with Crippen molar-refractivity contribution in [2.24, 2.45) is 0 Å². The van der Waals surface area contributed by atoms with E-state index in [2.05, 4.69) is 37.1 Å². The summed E-state index contributed by atoms with van der Waals surface area (Å²) in [6.45, 7) is 4.54. The fourth-order valence-electron chi connectivity index (χ4n) is 1.88. The van der Waals surface area contributed by atoms with Crippen LogP contribution in [0.3, 0.4) is 0 Å². The molecule has 2 rings (SSSR count). The van der Waals surface area contributed by atoms with Crippen LogP contribution in [0.15, 0.2) is 18.2 Å². The molecular formula is C11H15N. The van der Waals surface area contributed by atoms with E-state index in [1.165, 1.54) is 18.5 Å². The fourth-order valence-corrected chi connectivity index (χ4v) is 1.88. The van der Waals surface area contributed by atoms with Crippen molar-refractivity contribution in [2.45, 2.75) is 19.9 Å². The molecule has 12 heavy (non-hydrogen) atoms. The molecule has 0 fully saturated rings. The summed E-state index contributed by atoms with van der Waals surface area (Å²) in [5.41, 5.74) is 4.54. The van der Waals surface area contributed by atoms with Gasteiger partial charge in [-0.25, -0.2) is 0 Å². The molecule has 0 bridgehead atoms. The van der Waals surface area contributed by atoms with Gasteiger partial charge in [0, 0.05) is 13.1 Å². The summed E-state index contributed by atoms with van der Waals surface area (Å²) in [6.07, 6.45) is 1.22. The van der Waals surface area contributed by atoms with E-state index in [4.69, 9.17) is 0 Å². The van der Waals surface area contributed by atoms with Gasteiger partial charge in [-0.05, 0) is 37.1 Å². The molecule has 1 aliphatic rings. The Kier molecular flexibility index (Phi) is 1.89. The highest BCUT2D eigenvalue weighted by Crippen LogP contribution is 2.20. The minimum Gasteiger partial charge on any atom is -0.302 e. The van der Waals surface area contributed by atoms with E-state index in [0.717, 1.165) is 6.54 Å². The van der Waals surface area contributed by atoms with Gasteiger partial charge in [-0.3, -0.25) is 0 Å². The SMILES string of the molecule is Cc1cccc2c1CN(C)CC2. The van der Waals surface area contributed by atoms with Crippen LogP contribution in [0.25, 0.3) is 0 Å². The lowest BCUT2D eigenvalue weighted by molar-refractivity contribution is 0.312. The van der Waals surface area contributed by atoms with Gasteiger partial charge in [-0.1, -0.05) is 18.2 Å². The first kappa shape index (κ1) is 7.81. The van der Waals surface area contributed by atoms with Gasteiger partial charge in [0.2, 0.25) is 0 Å². The summed E-state index contributed by atoms with van der Waals surface area (Å²) < 4.78 is 0. The van der Waals surface area contributed by atoms with Crippen LogP contribution in [0.5, 0.6) is 0 Å². The second-order valence-corrected chi connectivity index (χ2v) is 3.70. The van der Waals surface area contributed by atoms with Crippen molar-refractivity contribution in [1.82, 2.24) is 4.90 Å². The molecule has 1 heterocycles. The molecule has 1 aliphatic heterocycles. The molecule has 64 valence electrons. The van der Waals surface area contributed by atoms with Crippen LogP contribution in [0.4, 0.5) is 0 Å². The van der Waals surface area contributed by atoms with E-state index in [0.29, 0.717) is 0 Å². The Morgan fingerprint density at radius 2 is 2.17 bits per heavy atom. The lowest BCUT2D eigenvalue weighted by Gasteiger charge is -2.26. The lowest BCUT2D eigenvalue weighted by atomic mass is 9.96. The van der Waals surface area contributed by atoms with E-state index >= 15 is 0 Å². The molecule has 0 atom stereocenters. The van der Waals surface area contributed by atoms with Gasteiger partial charge in [0.05, 0.1) is 0 Å². The van der Waals surface area contributed by atoms with E-state index in [1.807, 2.05) is 0 Å². The second-order valence-electron chi connectivity index (χ2n) is 3.70. The molecule has 0 aromatic heterocycles. The number of benzene rings is 1. The second kappa shape index (κ2) is 2.91. The normalized spacial score (nSPS) is 17.5. The highest BCUT2D eigenvalue weighted by Gasteiger charge is 2.13. The Morgan fingerprint density at radius 3 is 3.00 bits per heavy atom. The third kappa shape index (κ3) is 1.25. The minimum absolute atomic E-state index is 1.13. The molecule has 0 spiro atoms. The number of likely N-dealkylation sites (N-methyl/N-ethyl adjacent to an activating group) is 1. The number of nitrogens with zero attached hydrogens (tertiary/aromatic N) is 1. The largest absolute Gasteiger partial charge is 0.302 e. The molecule has 0 saturated heterocycles. The van der Waals surface area contributed by atoms with Crippen LogP contribution in [0.1, 0.15) is 16.7 Å². The predicted octanol–water partition coefficient (Wildman–Crippen LogP) is 1.98. The highest BCUT2D eigenvalue weighted by molar-refractivity contribution is 5.35. The van der Waals surface area contributed by atoms with Crippen LogP contribution in [0.2, 0.25) is 0 Å². The fraction of sp³-hybridized carbons (Fsp3) is 0.455. The van der Waals surface area contributed by atoms with Crippen LogP contribution >= 0.6 is 0 Å². The first-order valence-corrected chi connectivity index (χ1v) is 4.53. The monoisotopic (exact) mass is 161 g/mol. The van der Waals surface area contributed by atoms with Crippen molar-refractivity contribution in [3.05, 3.63) is 34.9 Å². The summed E-state index contributed by atoms with van der Waals surface area (Å²) in [5, 5.41) is 0. The Bertz CT molecular complexity index is 291. The smallest absolute Gasteiger partial charge is 0.0236 e. The Labute approximate surface area is 74.0 Å². The summed E-state index contributed by atoms with van der Waals surface area (Å²) >= 11 is 0. The summed E-state index contributed by atoms with van der Waals surface area (Å²) in [7, 11) is 2.19. The molecule has 0 amide bonds. The van der Waals surface area contributed by atoms with Crippen molar-refractivity contribution in [3.8, 4) is 0 Å². The number of hydrogen-bond donors (Lipinski definition) is 0. The summed E-state index contributed by atoms with van der Waals surface area (Å²) in [6, 6.07) is 6.63. The number of rotatable bonds is 0. The van der Waals surface area contributed by atoms with Gasteiger partial charge in [0.25, 0.3) is 0 Å². The average molecular weight is 161 g/mol. The molecule has 0 N–H and O–H groups in total. The maximum absolute atomic E-state index is 2.38. The van der Waals surface area contributed by atoms with Gasteiger partial charge in [-0.2, -0.15) is 0 Å². The molecule has 0 saturated carbocycles. The van der Waals surface area contributed by atoms with Crippen molar-refractivity contribution in [2.75, 3.05) is 13.6 Å². The highest BCUT2D eigenvalue weighted by atomic mass is 15.1. The number of fused-ring (bicyclic) bond motifs is 1. The summed E-state index contributed by atoms with van der Waals surface area (Å²) in [4.78, 5) is 2.38. The van der Waals surface area contributed by atoms with Gasteiger partial charge < -0.3 is 4.90 Å². The number of aryl methyl sites for hydroxylation is 1. The molecule has 1 heteroatoms. The molecule has 1 aromatic carbocycles. The third-order valence-electron chi connectivity index (χ3n) is 2.70. The standard InChI is InChI=1S/C11H15N/c1-9-4-3-5-10-6-7-12(2)8-11(9)10/h3-5H,6-8H2,1-2H3. The predicted molar refractivity (Wildman–Crippen MR) is 51.2 cm³/mol. The van der Waals surface area contributed by atoms with Crippen LogP contribution in [0, 0.1) is 6.92 Å².